The number of urea groups is 1. The second-order valence-corrected chi connectivity index (χ2v) is 9.44. The Bertz CT molecular complexity index is 1260. The number of hydrogen-bond donors (Lipinski definition) is 3. The van der Waals surface area contributed by atoms with Crippen LogP contribution in [0, 0.1) is 0 Å². The summed E-state index contributed by atoms with van der Waals surface area (Å²) in [6, 6.07) is 6.97. The molecule has 12 heteroatoms. The van der Waals surface area contributed by atoms with Gasteiger partial charge in [-0.1, -0.05) is 12.1 Å². The molecule has 0 unspecified atom stereocenters. The van der Waals surface area contributed by atoms with Crippen molar-refractivity contribution >= 4 is 34.6 Å². The van der Waals surface area contributed by atoms with Crippen LogP contribution in [0.25, 0.3) is 22.3 Å². The van der Waals surface area contributed by atoms with Crippen molar-refractivity contribution in [1.82, 2.24) is 30.0 Å². The molecule has 4 heterocycles. The number of likely N-dealkylation sites (tertiary alicyclic amines) is 1. The lowest BCUT2D eigenvalue weighted by Gasteiger charge is -2.33. The molecule has 0 radical (unpaired) electrons. The first-order valence-corrected chi connectivity index (χ1v) is 12.7. The number of piperidine rings is 1. The topological polar surface area (TPSA) is 144 Å². The van der Waals surface area contributed by atoms with Gasteiger partial charge in [0.15, 0.2) is 5.65 Å². The lowest BCUT2D eigenvalue weighted by atomic mass is 10.0. The van der Waals surface area contributed by atoms with Crippen molar-refractivity contribution in [3.05, 3.63) is 30.5 Å². The van der Waals surface area contributed by atoms with E-state index in [1.807, 2.05) is 40.0 Å². The minimum absolute atomic E-state index is 0.0123. The Morgan fingerprint density at radius 3 is 2.43 bits per heavy atom. The Balaban J connectivity index is 1.47. The van der Waals surface area contributed by atoms with Gasteiger partial charge in [0.1, 0.15) is 0 Å². The van der Waals surface area contributed by atoms with Gasteiger partial charge in [-0.15, -0.1) is 0 Å². The van der Waals surface area contributed by atoms with Crippen LogP contribution in [0.1, 0.15) is 25.8 Å². The molecular formula is C25H33N9O3. The van der Waals surface area contributed by atoms with Crippen LogP contribution >= 0.6 is 0 Å². The summed E-state index contributed by atoms with van der Waals surface area (Å²) in [5.74, 6) is 0.614. The molecule has 2 aliphatic rings. The van der Waals surface area contributed by atoms with E-state index in [4.69, 9.17) is 25.5 Å². The van der Waals surface area contributed by atoms with Gasteiger partial charge in [-0.25, -0.2) is 9.78 Å². The third-order valence-corrected chi connectivity index (χ3v) is 6.86. The van der Waals surface area contributed by atoms with Gasteiger partial charge in [0.2, 0.25) is 11.9 Å². The first-order chi connectivity index (χ1) is 17.9. The monoisotopic (exact) mass is 507 g/mol. The average Bonchev–Trinajstić information content (AvgIpc) is 3.37. The number of fused-ring (bicyclic) bond motifs is 1. The largest absolute Gasteiger partial charge is 0.378 e. The van der Waals surface area contributed by atoms with Gasteiger partial charge in [0, 0.05) is 50.7 Å². The molecule has 0 spiro atoms. The molecule has 4 N–H and O–H groups in total. The molecule has 0 aliphatic carbocycles. The quantitative estimate of drug-likeness (QED) is 0.472. The second-order valence-electron chi connectivity index (χ2n) is 9.44. The molecule has 3 aromatic rings. The van der Waals surface area contributed by atoms with Gasteiger partial charge >= 0.3 is 6.03 Å². The average molecular weight is 508 g/mol. The molecule has 2 fully saturated rings. The van der Waals surface area contributed by atoms with Crippen LogP contribution in [0.4, 0.5) is 16.4 Å². The van der Waals surface area contributed by atoms with Crippen molar-refractivity contribution in [3.63, 3.8) is 0 Å². The van der Waals surface area contributed by atoms with Gasteiger partial charge in [-0.2, -0.15) is 10.1 Å². The van der Waals surface area contributed by atoms with E-state index < -0.39 is 6.04 Å². The van der Waals surface area contributed by atoms with Gasteiger partial charge in [0.05, 0.1) is 36.4 Å². The smallest absolute Gasteiger partial charge is 0.318 e. The van der Waals surface area contributed by atoms with Crippen molar-refractivity contribution in [2.24, 2.45) is 5.73 Å². The number of nitrogens with two attached hydrogens (primary N) is 1. The molecule has 1 aromatic carbocycles. The molecule has 196 valence electrons. The van der Waals surface area contributed by atoms with E-state index in [1.165, 1.54) is 0 Å². The van der Waals surface area contributed by atoms with Crippen molar-refractivity contribution in [3.8, 4) is 11.3 Å². The number of aromatic nitrogens is 4. The predicted molar refractivity (Wildman–Crippen MR) is 140 cm³/mol. The van der Waals surface area contributed by atoms with E-state index in [9.17, 15) is 9.59 Å². The Kier molecular flexibility index (Phi) is 7.19. The zero-order valence-electron chi connectivity index (χ0n) is 21.2. The van der Waals surface area contributed by atoms with Crippen molar-refractivity contribution in [2.75, 3.05) is 56.7 Å². The van der Waals surface area contributed by atoms with Gasteiger partial charge < -0.3 is 30.9 Å². The number of nitrogens with zero attached hydrogens (tertiary/aromatic N) is 6. The summed E-state index contributed by atoms with van der Waals surface area (Å²) >= 11 is 0. The van der Waals surface area contributed by atoms with E-state index in [0.29, 0.717) is 56.7 Å². The molecule has 0 bridgehead atoms. The molecule has 0 saturated carbocycles. The number of rotatable bonds is 5. The highest BCUT2D eigenvalue weighted by Gasteiger charge is 2.27. The molecular weight excluding hydrogens is 474 g/mol. The van der Waals surface area contributed by atoms with E-state index in [0.717, 1.165) is 29.5 Å². The van der Waals surface area contributed by atoms with Crippen molar-refractivity contribution in [1.29, 1.82) is 0 Å². The number of hydrogen-bond acceptors (Lipinski definition) is 8. The lowest BCUT2D eigenvalue weighted by molar-refractivity contribution is -0.133. The standard InChI is InChI=1S/C25H33N9O3/c1-16(26)23(35)32-9-7-19(8-10-32)34-15-20-21(17-3-5-18(6-4-17)28-25(36)27-2)29-24(30-22(20)31-34)33-11-13-37-14-12-33/h3-6,15-16,19H,7-14,26H2,1-2H3,(H2,27,28,36)/t16-/m0/s1. The van der Waals surface area contributed by atoms with Gasteiger partial charge in [-0.3, -0.25) is 9.48 Å². The normalized spacial score (nSPS) is 17.6. The van der Waals surface area contributed by atoms with Crippen LogP contribution < -0.4 is 21.3 Å². The van der Waals surface area contributed by atoms with Crippen LogP contribution in [-0.4, -0.2) is 89.1 Å². The van der Waals surface area contributed by atoms with Crippen LogP contribution in [0.3, 0.4) is 0 Å². The summed E-state index contributed by atoms with van der Waals surface area (Å²) < 4.78 is 7.48. The summed E-state index contributed by atoms with van der Waals surface area (Å²) in [6.45, 7) is 5.71. The highest BCUT2D eigenvalue weighted by Crippen LogP contribution is 2.31. The van der Waals surface area contributed by atoms with Crippen LogP contribution in [-0.2, 0) is 9.53 Å². The summed E-state index contributed by atoms with van der Waals surface area (Å²) in [7, 11) is 1.58. The summed E-state index contributed by atoms with van der Waals surface area (Å²) in [6.07, 6.45) is 3.61. The van der Waals surface area contributed by atoms with E-state index in [1.54, 1.807) is 14.0 Å². The van der Waals surface area contributed by atoms with Crippen molar-refractivity contribution < 1.29 is 14.3 Å². The third kappa shape index (κ3) is 5.35. The molecule has 37 heavy (non-hydrogen) atoms. The Labute approximate surface area is 215 Å². The number of amides is 3. The molecule has 12 nitrogen and oxygen atoms in total. The second kappa shape index (κ2) is 10.7. The highest BCUT2D eigenvalue weighted by molar-refractivity contribution is 5.92. The number of morpholine rings is 1. The number of benzene rings is 1. The predicted octanol–water partition coefficient (Wildman–Crippen LogP) is 1.59. The summed E-state index contributed by atoms with van der Waals surface area (Å²) in [5, 5.41) is 11.1. The fourth-order valence-corrected chi connectivity index (χ4v) is 4.77. The summed E-state index contributed by atoms with van der Waals surface area (Å²) in [4.78, 5) is 37.7. The third-order valence-electron chi connectivity index (χ3n) is 6.86. The Morgan fingerprint density at radius 1 is 1.08 bits per heavy atom. The Hall–Kier alpha value is -3.77. The molecule has 2 aromatic heterocycles. The number of anilines is 2. The summed E-state index contributed by atoms with van der Waals surface area (Å²) in [5.41, 5.74) is 8.80. The van der Waals surface area contributed by atoms with Gasteiger partial charge in [-0.05, 0) is 31.9 Å². The maximum absolute atomic E-state index is 12.3. The highest BCUT2D eigenvalue weighted by atomic mass is 16.5. The number of nitrogens with one attached hydrogen (secondary N) is 2. The van der Waals surface area contributed by atoms with Crippen LogP contribution in [0.15, 0.2) is 30.5 Å². The molecule has 2 saturated heterocycles. The van der Waals surface area contributed by atoms with E-state index >= 15 is 0 Å². The fourth-order valence-electron chi connectivity index (χ4n) is 4.77. The first kappa shape index (κ1) is 24.9. The zero-order valence-corrected chi connectivity index (χ0v) is 21.2. The maximum Gasteiger partial charge on any atom is 0.318 e. The maximum atomic E-state index is 12.3. The number of ether oxygens (including phenoxy) is 1. The SMILES string of the molecule is CNC(=O)Nc1ccc(-c2nc(N3CCOCC3)nc3nn(C4CCN(C(=O)[C@H](C)N)CC4)cc23)cc1. The minimum Gasteiger partial charge on any atom is -0.378 e. The minimum atomic E-state index is -0.488. The number of carbonyl (C=O) groups excluding carboxylic acids is 2. The molecule has 1 atom stereocenters. The van der Waals surface area contributed by atoms with E-state index in [2.05, 4.69) is 15.5 Å². The van der Waals surface area contributed by atoms with Crippen molar-refractivity contribution in [2.45, 2.75) is 31.8 Å². The van der Waals surface area contributed by atoms with Crippen LogP contribution in [0.2, 0.25) is 0 Å². The zero-order chi connectivity index (χ0) is 25.9. The number of carbonyl (C=O) groups is 2. The van der Waals surface area contributed by atoms with E-state index in [-0.39, 0.29) is 18.0 Å². The Morgan fingerprint density at radius 2 is 1.78 bits per heavy atom. The lowest BCUT2D eigenvalue weighted by Crippen LogP contribution is -2.46. The molecule has 5 rings (SSSR count). The van der Waals surface area contributed by atoms with Crippen LogP contribution in [0.5, 0.6) is 0 Å². The molecule has 2 aliphatic heterocycles. The van der Waals surface area contributed by atoms with Gasteiger partial charge in [0.25, 0.3) is 0 Å². The molecule has 3 amide bonds. The first-order valence-electron chi connectivity index (χ1n) is 12.7. The fraction of sp³-hybridized carbons (Fsp3) is 0.480.